The molecule has 0 radical (unpaired) electrons. The molecule has 1 aromatic carbocycles. The van der Waals surface area contributed by atoms with Gasteiger partial charge in [0, 0.05) is 10.8 Å². The third kappa shape index (κ3) is 3.84. The average molecular weight is 237 g/mol. The van der Waals surface area contributed by atoms with Gasteiger partial charge in [0.15, 0.2) is 11.6 Å². The molecule has 1 aromatic rings. The molecule has 4 heteroatoms. The van der Waals surface area contributed by atoms with Gasteiger partial charge < -0.3 is 0 Å². The molecule has 0 saturated heterocycles. The predicted octanol–water partition coefficient (Wildman–Crippen LogP) is 4.08. The lowest BCUT2D eigenvalue weighted by molar-refractivity contribution is 0.506. The summed E-state index contributed by atoms with van der Waals surface area (Å²) in [5, 5.41) is 0. The minimum absolute atomic E-state index is 0.651. The Morgan fingerprint density at radius 1 is 1.14 bits per heavy atom. The Bertz CT molecular complexity index is 291. The second-order valence-electron chi connectivity index (χ2n) is 2.82. The fourth-order valence-electron chi connectivity index (χ4n) is 0.953. The molecule has 14 heavy (non-hydrogen) atoms. The molecular formula is C10H11ClF2S. The first-order chi connectivity index (χ1) is 6.74. The molecule has 0 amide bonds. The maximum Gasteiger partial charge on any atom is 0.159 e. The van der Waals surface area contributed by atoms with Crippen LogP contribution in [0.2, 0.25) is 0 Å². The van der Waals surface area contributed by atoms with E-state index < -0.39 is 11.6 Å². The molecule has 0 aliphatic rings. The van der Waals surface area contributed by atoms with Crippen LogP contribution in [0.25, 0.3) is 0 Å². The van der Waals surface area contributed by atoms with Crippen molar-refractivity contribution in [3.8, 4) is 0 Å². The van der Waals surface area contributed by atoms with Gasteiger partial charge in [0.1, 0.15) is 0 Å². The summed E-state index contributed by atoms with van der Waals surface area (Å²) in [5.74, 6) is -0.0432. The first kappa shape index (κ1) is 11.8. The number of thioether (sulfide) groups is 1. The first-order valence-corrected chi connectivity index (χ1v) is 5.90. The molecule has 0 atom stereocenters. The third-order valence-corrected chi connectivity index (χ3v) is 3.04. The topological polar surface area (TPSA) is 0 Å². The minimum atomic E-state index is -0.796. The summed E-state index contributed by atoms with van der Waals surface area (Å²) < 4.78 is 25.3. The van der Waals surface area contributed by atoms with Crippen LogP contribution in [0.5, 0.6) is 0 Å². The van der Waals surface area contributed by atoms with Crippen molar-refractivity contribution < 1.29 is 8.78 Å². The van der Waals surface area contributed by atoms with Crippen molar-refractivity contribution in [3.63, 3.8) is 0 Å². The highest BCUT2D eigenvalue weighted by Gasteiger charge is 2.02. The maximum atomic E-state index is 12.7. The van der Waals surface area contributed by atoms with Crippen LogP contribution in [0, 0.1) is 11.6 Å². The van der Waals surface area contributed by atoms with E-state index in [1.807, 2.05) is 0 Å². The zero-order chi connectivity index (χ0) is 10.4. The van der Waals surface area contributed by atoms with Crippen molar-refractivity contribution >= 4 is 23.4 Å². The van der Waals surface area contributed by atoms with E-state index in [1.54, 1.807) is 6.07 Å². The zero-order valence-corrected chi connectivity index (χ0v) is 9.18. The molecule has 0 saturated carbocycles. The molecule has 0 spiro atoms. The molecule has 0 aliphatic carbocycles. The van der Waals surface area contributed by atoms with E-state index in [0.717, 1.165) is 29.6 Å². The normalized spacial score (nSPS) is 10.5. The second kappa shape index (κ2) is 6.25. The Balaban J connectivity index is 2.39. The fraction of sp³-hybridized carbons (Fsp3) is 0.400. The quantitative estimate of drug-likeness (QED) is 0.422. The van der Waals surface area contributed by atoms with Crippen molar-refractivity contribution in [2.75, 3.05) is 11.6 Å². The Morgan fingerprint density at radius 3 is 2.57 bits per heavy atom. The molecule has 0 aromatic heterocycles. The SMILES string of the molecule is Fc1ccc(SCCCCCl)cc1F. The van der Waals surface area contributed by atoms with E-state index in [2.05, 4.69) is 0 Å². The molecule has 78 valence electrons. The molecule has 0 fully saturated rings. The van der Waals surface area contributed by atoms with E-state index in [4.69, 9.17) is 11.6 Å². The standard InChI is InChI=1S/C10H11ClF2S/c11-5-1-2-6-14-8-3-4-9(12)10(13)7-8/h3-4,7H,1-2,5-6H2. The minimum Gasteiger partial charge on any atom is -0.204 e. The number of hydrogen-bond donors (Lipinski definition) is 0. The Hall–Kier alpha value is -0.280. The number of unbranched alkanes of at least 4 members (excludes halogenated alkanes) is 1. The summed E-state index contributed by atoms with van der Waals surface area (Å²) in [4.78, 5) is 0.762. The van der Waals surface area contributed by atoms with Crippen LogP contribution in [0.1, 0.15) is 12.8 Å². The number of alkyl halides is 1. The number of halogens is 3. The van der Waals surface area contributed by atoms with Gasteiger partial charge >= 0.3 is 0 Å². The van der Waals surface area contributed by atoms with Gasteiger partial charge in [-0.2, -0.15) is 0 Å². The summed E-state index contributed by atoms with van der Waals surface area (Å²) >= 11 is 7.03. The van der Waals surface area contributed by atoms with Crippen molar-refractivity contribution in [2.24, 2.45) is 0 Å². The van der Waals surface area contributed by atoms with Gasteiger partial charge in [-0.15, -0.1) is 23.4 Å². The lowest BCUT2D eigenvalue weighted by Crippen LogP contribution is -1.85. The van der Waals surface area contributed by atoms with Crippen molar-refractivity contribution in [2.45, 2.75) is 17.7 Å². The molecule has 0 heterocycles. The van der Waals surface area contributed by atoms with Crippen LogP contribution in [0.4, 0.5) is 8.78 Å². The lowest BCUT2D eigenvalue weighted by Gasteiger charge is -2.01. The maximum absolute atomic E-state index is 12.7. The van der Waals surface area contributed by atoms with Crippen molar-refractivity contribution in [1.82, 2.24) is 0 Å². The summed E-state index contributed by atoms with van der Waals surface area (Å²) in [5.41, 5.74) is 0. The Kier molecular flexibility index (Phi) is 5.26. The molecule has 0 bridgehead atoms. The molecule has 0 nitrogen and oxygen atoms in total. The Morgan fingerprint density at radius 2 is 1.93 bits per heavy atom. The molecular weight excluding hydrogens is 226 g/mol. The van der Waals surface area contributed by atoms with Crippen LogP contribution in [-0.2, 0) is 0 Å². The predicted molar refractivity (Wildman–Crippen MR) is 57.0 cm³/mol. The highest BCUT2D eigenvalue weighted by atomic mass is 35.5. The molecule has 0 aliphatic heterocycles. The summed E-state index contributed by atoms with van der Waals surface area (Å²) in [6.07, 6.45) is 1.95. The highest BCUT2D eigenvalue weighted by molar-refractivity contribution is 7.99. The lowest BCUT2D eigenvalue weighted by atomic mass is 10.3. The average Bonchev–Trinajstić information content (AvgIpc) is 2.18. The van der Waals surface area contributed by atoms with Gasteiger partial charge in [-0.05, 0) is 36.8 Å². The van der Waals surface area contributed by atoms with Crippen LogP contribution in [-0.4, -0.2) is 11.6 Å². The summed E-state index contributed by atoms with van der Waals surface area (Å²) in [6.45, 7) is 0. The van der Waals surface area contributed by atoms with Gasteiger partial charge in [-0.1, -0.05) is 0 Å². The fourth-order valence-corrected chi connectivity index (χ4v) is 2.08. The van der Waals surface area contributed by atoms with Gasteiger partial charge in [0.05, 0.1) is 0 Å². The van der Waals surface area contributed by atoms with Crippen LogP contribution in [0.3, 0.4) is 0 Å². The Labute approximate surface area is 91.6 Å². The van der Waals surface area contributed by atoms with Crippen LogP contribution >= 0.6 is 23.4 Å². The molecule has 1 rings (SSSR count). The van der Waals surface area contributed by atoms with Gasteiger partial charge in [0.25, 0.3) is 0 Å². The molecule has 0 N–H and O–H groups in total. The highest BCUT2D eigenvalue weighted by Crippen LogP contribution is 2.21. The van der Waals surface area contributed by atoms with E-state index in [-0.39, 0.29) is 0 Å². The van der Waals surface area contributed by atoms with E-state index in [0.29, 0.717) is 5.88 Å². The van der Waals surface area contributed by atoms with Crippen LogP contribution < -0.4 is 0 Å². The number of benzene rings is 1. The van der Waals surface area contributed by atoms with Gasteiger partial charge in [0.2, 0.25) is 0 Å². The smallest absolute Gasteiger partial charge is 0.159 e. The monoisotopic (exact) mass is 236 g/mol. The second-order valence-corrected chi connectivity index (χ2v) is 4.37. The van der Waals surface area contributed by atoms with E-state index in [1.165, 1.54) is 17.8 Å². The van der Waals surface area contributed by atoms with Gasteiger partial charge in [-0.3, -0.25) is 0 Å². The first-order valence-electron chi connectivity index (χ1n) is 4.38. The van der Waals surface area contributed by atoms with E-state index >= 15 is 0 Å². The summed E-state index contributed by atoms with van der Waals surface area (Å²) in [7, 11) is 0. The largest absolute Gasteiger partial charge is 0.204 e. The van der Waals surface area contributed by atoms with Crippen LogP contribution in [0.15, 0.2) is 23.1 Å². The van der Waals surface area contributed by atoms with Gasteiger partial charge in [-0.25, -0.2) is 8.78 Å². The zero-order valence-electron chi connectivity index (χ0n) is 7.60. The number of rotatable bonds is 5. The summed E-state index contributed by atoms with van der Waals surface area (Å²) in [6, 6.07) is 3.96. The number of hydrogen-bond acceptors (Lipinski definition) is 1. The molecule has 0 unspecified atom stereocenters. The van der Waals surface area contributed by atoms with E-state index in [9.17, 15) is 8.78 Å². The third-order valence-electron chi connectivity index (χ3n) is 1.69. The van der Waals surface area contributed by atoms with Crippen molar-refractivity contribution in [1.29, 1.82) is 0 Å². The van der Waals surface area contributed by atoms with Crippen molar-refractivity contribution in [3.05, 3.63) is 29.8 Å².